The van der Waals surface area contributed by atoms with Crippen molar-refractivity contribution in [2.75, 3.05) is 11.4 Å². The second kappa shape index (κ2) is 6.28. The summed E-state index contributed by atoms with van der Waals surface area (Å²) in [5.41, 5.74) is 3.04. The molecule has 0 atom stereocenters. The number of aromatic nitrogens is 3. The first-order valence-corrected chi connectivity index (χ1v) is 7.94. The molecule has 0 bridgehead atoms. The predicted octanol–water partition coefficient (Wildman–Crippen LogP) is 2.72. The molecule has 0 saturated carbocycles. The normalized spacial score (nSPS) is 11.3. The second-order valence-electron chi connectivity index (χ2n) is 6.01. The molecule has 0 unspecified atom stereocenters. The van der Waals surface area contributed by atoms with Crippen LogP contribution in [0.2, 0.25) is 0 Å². The van der Waals surface area contributed by atoms with Gasteiger partial charge in [-0.25, -0.2) is 9.48 Å². The molecule has 5 nitrogen and oxygen atoms in total. The molecule has 0 aliphatic heterocycles. The molecule has 3 aromatic rings. The van der Waals surface area contributed by atoms with Gasteiger partial charge in [-0.2, -0.15) is 0 Å². The SMILES string of the molecule is Cc1ccccc1N(CCn1nc2ccccn2c1=O)C(C)C. The Labute approximate surface area is 135 Å². The molecule has 23 heavy (non-hydrogen) atoms. The lowest BCUT2D eigenvalue weighted by molar-refractivity contribution is 0.554. The average Bonchev–Trinajstić information content (AvgIpc) is 2.86. The number of anilines is 1. The quantitative estimate of drug-likeness (QED) is 0.728. The van der Waals surface area contributed by atoms with Crippen LogP contribution in [0.25, 0.3) is 5.65 Å². The molecule has 0 aliphatic carbocycles. The van der Waals surface area contributed by atoms with E-state index in [0.717, 1.165) is 6.54 Å². The van der Waals surface area contributed by atoms with Gasteiger partial charge < -0.3 is 4.90 Å². The maximum absolute atomic E-state index is 12.4. The lowest BCUT2D eigenvalue weighted by atomic mass is 10.1. The number of rotatable bonds is 5. The fraction of sp³-hybridized carbons (Fsp3) is 0.333. The summed E-state index contributed by atoms with van der Waals surface area (Å²) in [6.45, 7) is 7.75. The van der Waals surface area contributed by atoms with Crippen molar-refractivity contribution < 1.29 is 0 Å². The van der Waals surface area contributed by atoms with Crippen LogP contribution in [0, 0.1) is 6.92 Å². The van der Waals surface area contributed by atoms with Crippen molar-refractivity contribution in [1.29, 1.82) is 0 Å². The zero-order valence-electron chi connectivity index (χ0n) is 13.8. The summed E-state index contributed by atoms with van der Waals surface area (Å²) in [7, 11) is 0. The number of fused-ring (bicyclic) bond motifs is 1. The summed E-state index contributed by atoms with van der Waals surface area (Å²) in [6.07, 6.45) is 1.75. The number of nitrogens with zero attached hydrogens (tertiary/aromatic N) is 4. The largest absolute Gasteiger partial charge is 0.367 e. The standard InChI is InChI=1S/C18H22N4O/c1-14(2)20(16-9-5-4-8-15(16)3)12-13-22-18(23)21-11-7-6-10-17(21)19-22/h4-11,14H,12-13H2,1-3H3. The molecule has 1 aromatic carbocycles. The second-order valence-corrected chi connectivity index (χ2v) is 6.01. The first-order chi connectivity index (χ1) is 11.1. The van der Waals surface area contributed by atoms with Gasteiger partial charge in [0.25, 0.3) is 0 Å². The summed E-state index contributed by atoms with van der Waals surface area (Å²) in [6, 6.07) is 14.3. The van der Waals surface area contributed by atoms with Gasteiger partial charge in [-0.05, 0) is 44.5 Å². The van der Waals surface area contributed by atoms with Crippen molar-refractivity contribution in [1.82, 2.24) is 14.2 Å². The van der Waals surface area contributed by atoms with Crippen LogP contribution in [-0.4, -0.2) is 26.8 Å². The lowest BCUT2D eigenvalue weighted by Crippen LogP contribution is -2.36. The van der Waals surface area contributed by atoms with E-state index in [2.05, 4.69) is 49.0 Å². The number of pyridine rings is 1. The molecule has 2 aromatic heterocycles. The molecule has 0 radical (unpaired) electrons. The summed E-state index contributed by atoms with van der Waals surface area (Å²) in [5, 5.41) is 4.40. The highest BCUT2D eigenvalue weighted by atomic mass is 16.2. The van der Waals surface area contributed by atoms with Gasteiger partial charge in [-0.3, -0.25) is 4.40 Å². The van der Waals surface area contributed by atoms with Crippen molar-refractivity contribution in [2.24, 2.45) is 0 Å². The fourth-order valence-corrected chi connectivity index (χ4v) is 2.86. The number of hydrogen-bond acceptors (Lipinski definition) is 3. The van der Waals surface area contributed by atoms with Crippen LogP contribution in [0.1, 0.15) is 19.4 Å². The van der Waals surface area contributed by atoms with Gasteiger partial charge in [0, 0.05) is 24.5 Å². The Morgan fingerprint density at radius 1 is 1.13 bits per heavy atom. The molecule has 5 heteroatoms. The first-order valence-electron chi connectivity index (χ1n) is 7.94. The highest BCUT2D eigenvalue weighted by Gasteiger charge is 2.14. The number of para-hydroxylation sites is 1. The van der Waals surface area contributed by atoms with Crippen LogP contribution in [-0.2, 0) is 6.54 Å². The van der Waals surface area contributed by atoms with Crippen LogP contribution >= 0.6 is 0 Å². The van der Waals surface area contributed by atoms with E-state index in [1.165, 1.54) is 11.3 Å². The highest BCUT2D eigenvalue weighted by Crippen LogP contribution is 2.21. The molecule has 120 valence electrons. The third kappa shape index (κ3) is 2.99. The van der Waals surface area contributed by atoms with E-state index < -0.39 is 0 Å². The average molecular weight is 310 g/mol. The predicted molar refractivity (Wildman–Crippen MR) is 93.1 cm³/mol. The molecular formula is C18H22N4O. The minimum atomic E-state index is -0.0888. The molecular weight excluding hydrogens is 288 g/mol. The monoisotopic (exact) mass is 310 g/mol. The Balaban J connectivity index is 1.86. The maximum Gasteiger partial charge on any atom is 0.350 e. The van der Waals surface area contributed by atoms with E-state index in [1.807, 2.05) is 24.3 Å². The van der Waals surface area contributed by atoms with Crippen molar-refractivity contribution in [2.45, 2.75) is 33.4 Å². The minimum Gasteiger partial charge on any atom is -0.367 e. The van der Waals surface area contributed by atoms with Crippen molar-refractivity contribution >= 4 is 11.3 Å². The Morgan fingerprint density at radius 2 is 1.87 bits per heavy atom. The third-order valence-electron chi connectivity index (χ3n) is 4.09. The van der Waals surface area contributed by atoms with Crippen LogP contribution < -0.4 is 10.6 Å². The van der Waals surface area contributed by atoms with Gasteiger partial charge in [0.05, 0.1) is 6.54 Å². The molecule has 3 rings (SSSR count). The van der Waals surface area contributed by atoms with Gasteiger partial charge in [-0.15, -0.1) is 5.10 Å². The summed E-state index contributed by atoms with van der Waals surface area (Å²) in [4.78, 5) is 14.7. The summed E-state index contributed by atoms with van der Waals surface area (Å²) >= 11 is 0. The highest BCUT2D eigenvalue weighted by molar-refractivity contribution is 5.53. The molecule has 0 spiro atoms. The van der Waals surface area contributed by atoms with Crippen LogP contribution in [0.3, 0.4) is 0 Å². The number of benzene rings is 1. The summed E-state index contributed by atoms with van der Waals surface area (Å²) < 4.78 is 3.12. The Hall–Kier alpha value is -2.56. The van der Waals surface area contributed by atoms with Crippen LogP contribution in [0.4, 0.5) is 5.69 Å². The Morgan fingerprint density at radius 3 is 2.57 bits per heavy atom. The van der Waals surface area contributed by atoms with Gasteiger partial charge in [-0.1, -0.05) is 24.3 Å². The van der Waals surface area contributed by atoms with Crippen LogP contribution in [0.15, 0.2) is 53.5 Å². The Bertz CT molecular complexity index is 863. The Kier molecular flexibility index (Phi) is 4.19. The zero-order chi connectivity index (χ0) is 16.4. The van der Waals surface area contributed by atoms with E-state index in [9.17, 15) is 4.79 Å². The van der Waals surface area contributed by atoms with Gasteiger partial charge >= 0.3 is 5.69 Å². The van der Waals surface area contributed by atoms with Crippen molar-refractivity contribution in [3.05, 3.63) is 64.7 Å². The molecule has 0 fully saturated rings. The topological polar surface area (TPSA) is 42.5 Å². The molecule has 0 saturated heterocycles. The van der Waals surface area contributed by atoms with Gasteiger partial charge in [0.2, 0.25) is 0 Å². The van der Waals surface area contributed by atoms with Crippen LogP contribution in [0.5, 0.6) is 0 Å². The first kappa shape index (κ1) is 15.3. The van der Waals surface area contributed by atoms with Crippen molar-refractivity contribution in [3.8, 4) is 0 Å². The zero-order valence-corrected chi connectivity index (χ0v) is 13.8. The molecule has 0 aliphatic rings. The van der Waals surface area contributed by atoms with Crippen molar-refractivity contribution in [3.63, 3.8) is 0 Å². The molecule has 0 N–H and O–H groups in total. The van der Waals surface area contributed by atoms with Gasteiger partial charge in [0.15, 0.2) is 5.65 Å². The van der Waals surface area contributed by atoms with E-state index >= 15 is 0 Å². The minimum absolute atomic E-state index is 0.0888. The number of hydrogen-bond donors (Lipinski definition) is 0. The van der Waals surface area contributed by atoms with E-state index in [1.54, 1.807) is 15.3 Å². The number of aryl methyl sites for hydroxylation is 1. The molecule has 2 heterocycles. The third-order valence-corrected chi connectivity index (χ3v) is 4.09. The molecule has 0 amide bonds. The smallest absolute Gasteiger partial charge is 0.350 e. The maximum atomic E-state index is 12.4. The fourth-order valence-electron chi connectivity index (χ4n) is 2.86. The van der Waals surface area contributed by atoms with E-state index in [4.69, 9.17) is 0 Å². The van der Waals surface area contributed by atoms with E-state index in [-0.39, 0.29) is 5.69 Å². The van der Waals surface area contributed by atoms with E-state index in [0.29, 0.717) is 18.2 Å². The van der Waals surface area contributed by atoms with Gasteiger partial charge in [0.1, 0.15) is 0 Å². The summed E-state index contributed by atoms with van der Waals surface area (Å²) in [5.74, 6) is 0. The lowest BCUT2D eigenvalue weighted by Gasteiger charge is -2.30.